The van der Waals surface area contributed by atoms with Gasteiger partial charge in [0, 0.05) is 31.9 Å². The zero-order chi connectivity index (χ0) is 22.6. The van der Waals surface area contributed by atoms with Gasteiger partial charge in [0.25, 0.3) is 11.6 Å². The van der Waals surface area contributed by atoms with Gasteiger partial charge in [-0.3, -0.25) is 14.9 Å². The van der Waals surface area contributed by atoms with Crippen molar-refractivity contribution in [3.05, 3.63) is 63.2 Å². The SMILES string of the molecule is C[C@@H](OC(=O)c1ccc([N+](=O)[O-])cc1Cl)C(=O)Nc1cccc(S(=O)(=O)N(C)C)c1. The first-order valence-electron chi connectivity index (χ1n) is 8.42. The molecule has 2 aromatic carbocycles. The van der Waals surface area contributed by atoms with Crippen molar-refractivity contribution in [2.75, 3.05) is 19.4 Å². The zero-order valence-electron chi connectivity index (χ0n) is 16.2. The van der Waals surface area contributed by atoms with E-state index >= 15 is 0 Å². The maximum atomic E-state index is 12.3. The first-order valence-corrected chi connectivity index (χ1v) is 10.2. The summed E-state index contributed by atoms with van der Waals surface area (Å²) in [4.78, 5) is 34.6. The van der Waals surface area contributed by atoms with Gasteiger partial charge in [0.05, 0.1) is 20.4 Å². The number of nitro benzene ring substituents is 1. The van der Waals surface area contributed by atoms with E-state index in [1.54, 1.807) is 0 Å². The number of halogens is 1. The van der Waals surface area contributed by atoms with Crippen molar-refractivity contribution >= 4 is 44.9 Å². The summed E-state index contributed by atoms with van der Waals surface area (Å²) in [6, 6.07) is 8.81. The van der Waals surface area contributed by atoms with Gasteiger partial charge >= 0.3 is 5.97 Å². The van der Waals surface area contributed by atoms with Crippen molar-refractivity contribution in [2.45, 2.75) is 17.9 Å². The third kappa shape index (κ3) is 5.32. The standard InChI is InChI=1S/C18H18ClN3O7S/c1-11(29-18(24)15-8-7-13(22(25)26)10-16(15)19)17(23)20-12-5-4-6-14(9-12)30(27,28)21(2)3/h4-11H,1-3H3,(H,20,23)/t11-/m1/s1. The minimum atomic E-state index is -3.69. The van der Waals surface area contributed by atoms with Crippen LogP contribution < -0.4 is 5.32 Å². The van der Waals surface area contributed by atoms with Gasteiger partial charge in [-0.05, 0) is 31.2 Å². The maximum absolute atomic E-state index is 12.3. The minimum Gasteiger partial charge on any atom is -0.449 e. The van der Waals surface area contributed by atoms with Gasteiger partial charge in [-0.2, -0.15) is 0 Å². The van der Waals surface area contributed by atoms with Crippen molar-refractivity contribution in [2.24, 2.45) is 0 Å². The van der Waals surface area contributed by atoms with E-state index in [-0.39, 0.29) is 26.9 Å². The number of nitro groups is 1. The van der Waals surface area contributed by atoms with Crippen LogP contribution in [-0.2, 0) is 19.6 Å². The van der Waals surface area contributed by atoms with E-state index in [2.05, 4.69) is 5.32 Å². The molecule has 30 heavy (non-hydrogen) atoms. The van der Waals surface area contributed by atoms with Crippen molar-refractivity contribution in [1.29, 1.82) is 0 Å². The zero-order valence-corrected chi connectivity index (χ0v) is 17.7. The van der Waals surface area contributed by atoms with Crippen LogP contribution in [0, 0.1) is 10.1 Å². The van der Waals surface area contributed by atoms with Gasteiger partial charge in [0.1, 0.15) is 0 Å². The molecule has 0 aliphatic heterocycles. The highest BCUT2D eigenvalue weighted by atomic mass is 35.5. The molecule has 0 fully saturated rings. The Morgan fingerprint density at radius 3 is 2.43 bits per heavy atom. The monoisotopic (exact) mass is 455 g/mol. The molecule has 1 amide bonds. The Bertz CT molecular complexity index is 1100. The number of amides is 1. The number of anilines is 1. The van der Waals surface area contributed by atoms with Gasteiger partial charge < -0.3 is 10.1 Å². The van der Waals surface area contributed by atoms with Crippen LogP contribution in [0.25, 0.3) is 0 Å². The molecule has 2 rings (SSSR count). The van der Waals surface area contributed by atoms with Gasteiger partial charge in [0.15, 0.2) is 6.10 Å². The third-order valence-corrected chi connectivity index (χ3v) is 6.04. The van der Waals surface area contributed by atoms with Gasteiger partial charge in [0.2, 0.25) is 10.0 Å². The first-order chi connectivity index (χ1) is 13.9. The van der Waals surface area contributed by atoms with Crippen LogP contribution in [0.1, 0.15) is 17.3 Å². The second kappa shape index (κ2) is 9.20. The smallest absolute Gasteiger partial charge is 0.340 e. The molecule has 0 aliphatic carbocycles. The summed E-state index contributed by atoms with van der Waals surface area (Å²) in [5.41, 5.74) is -0.241. The highest BCUT2D eigenvalue weighted by molar-refractivity contribution is 7.89. The molecular weight excluding hydrogens is 438 g/mol. The number of ether oxygens (including phenoxy) is 1. The Morgan fingerprint density at radius 1 is 1.20 bits per heavy atom. The Morgan fingerprint density at radius 2 is 1.87 bits per heavy atom. The molecule has 0 unspecified atom stereocenters. The minimum absolute atomic E-state index is 0.0207. The van der Waals surface area contributed by atoms with E-state index in [0.29, 0.717) is 0 Å². The lowest BCUT2D eigenvalue weighted by atomic mass is 10.2. The van der Waals surface area contributed by atoms with Crippen molar-refractivity contribution in [3.8, 4) is 0 Å². The van der Waals surface area contributed by atoms with Crippen molar-refractivity contribution < 1.29 is 27.7 Å². The number of hydrogen-bond acceptors (Lipinski definition) is 7. The van der Waals surface area contributed by atoms with Crippen LogP contribution in [0.3, 0.4) is 0 Å². The summed E-state index contributed by atoms with van der Waals surface area (Å²) < 4.78 is 30.5. The average Bonchev–Trinajstić information content (AvgIpc) is 2.67. The number of non-ortho nitro benzene ring substituents is 1. The number of nitrogens with zero attached hydrogens (tertiary/aromatic N) is 2. The van der Waals surface area contributed by atoms with Crippen LogP contribution in [0.4, 0.5) is 11.4 Å². The maximum Gasteiger partial charge on any atom is 0.340 e. The molecule has 0 aliphatic rings. The molecule has 0 heterocycles. The lowest BCUT2D eigenvalue weighted by Gasteiger charge is -2.15. The lowest BCUT2D eigenvalue weighted by molar-refractivity contribution is -0.384. The predicted octanol–water partition coefficient (Wildman–Crippen LogP) is 2.68. The molecule has 0 saturated heterocycles. The number of carbonyl (C=O) groups excluding carboxylic acids is 2. The number of nitrogens with one attached hydrogen (secondary N) is 1. The molecule has 1 atom stereocenters. The number of sulfonamides is 1. The van der Waals surface area contributed by atoms with E-state index < -0.39 is 32.9 Å². The summed E-state index contributed by atoms with van der Waals surface area (Å²) in [6.07, 6.45) is -1.25. The predicted molar refractivity (Wildman–Crippen MR) is 109 cm³/mol. The largest absolute Gasteiger partial charge is 0.449 e. The van der Waals surface area contributed by atoms with Gasteiger partial charge in [-0.1, -0.05) is 17.7 Å². The van der Waals surface area contributed by atoms with Crippen LogP contribution >= 0.6 is 11.6 Å². The summed E-state index contributed by atoms with van der Waals surface area (Å²) in [5, 5.41) is 13.0. The molecule has 10 nitrogen and oxygen atoms in total. The van der Waals surface area contributed by atoms with Crippen molar-refractivity contribution in [3.63, 3.8) is 0 Å². The Hall–Kier alpha value is -3.02. The Kier molecular flexibility index (Phi) is 7.13. The molecule has 0 aromatic heterocycles. The second-order valence-electron chi connectivity index (χ2n) is 6.27. The second-order valence-corrected chi connectivity index (χ2v) is 8.83. The number of carbonyl (C=O) groups is 2. The van der Waals surface area contributed by atoms with Gasteiger partial charge in [-0.15, -0.1) is 0 Å². The Labute approximate surface area is 177 Å². The third-order valence-electron chi connectivity index (χ3n) is 3.92. The Balaban J connectivity index is 2.10. The summed E-state index contributed by atoms with van der Waals surface area (Å²) in [6.45, 7) is 1.31. The first kappa shape index (κ1) is 23.3. The normalized spacial score (nSPS) is 12.3. The molecule has 160 valence electrons. The lowest BCUT2D eigenvalue weighted by Crippen LogP contribution is -2.30. The van der Waals surface area contributed by atoms with Crippen LogP contribution in [-0.4, -0.2) is 49.7 Å². The molecule has 0 radical (unpaired) electrons. The molecule has 0 saturated carbocycles. The topological polar surface area (TPSA) is 136 Å². The van der Waals surface area contributed by atoms with Crippen molar-refractivity contribution in [1.82, 2.24) is 4.31 Å². The molecule has 12 heteroatoms. The average molecular weight is 456 g/mol. The molecule has 1 N–H and O–H groups in total. The van der Waals surface area contributed by atoms with Gasteiger partial charge in [-0.25, -0.2) is 17.5 Å². The summed E-state index contributed by atoms with van der Waals surface area (Å²) in [5.74, 6) is -1.65. The molecule has 2 aromatic rings. The van der Waals surface area contributed by atoms with E-state index in [1.807, 2.05) is 0 Å². The number of benzene rings is 2. The fourth-order valence-electron chi connectivity index (χ4n) is 2.25. The molecule has 0 bridgehead atoms. The molecule has 0 spiro atoms. The van der Waals surface area contributed by atoms with Crippen LogP contribution in [0.2, 0.25) is 5.02 Å². The fraction of sp³-hybridized carbons (Fsp3) is 0.222. The number of hydrogen-bond donors (Lipinski definition) is 1. The van der Waals surface area contributed by atoms with Crippen LogP contribution in [0.5, 0.6) is 0 Å². The highest BCUT2D eigenvalue weighted by Crippen LogP contribution is 2.24. The fourth-order valence-corrected chi connectivity index (χ4v) is 3.45. The highest BCUT2D eigenvalue weighted by Gasteiger charge is 2.23. The van der Waals surface area contributed by atoms with E-state index in [1.165, 1.54) is 45.3 Å². The molecular formula is C18H18ClN3O7S. The number of rotatable bonds is 7. The van der Waals surface area contributed by atoms with E-state index in [0.717, 1.165) is 22.5 Å². The van der Waals surface area contributed by atoms with E-state index in [9.17, 15) is 28.1 Å². The summed E-state index contributed by atoms with van der Waals surface area (Å²) >= 11 is 5.88. The van der Waals surface area contributed by atoms with E-state index in [4.69, 9.17) is 16.3 Å². The quantitative estimate of drug-likeness (QED) is 0.385. The van der Waals surface area contributed by atoms with Crippen LogP contribution in [0.15, 0.2) is 47.4 Å². The summed E-state index contributed by atoms with van der Waals surface area (Å²) in [7, 11) is -0.930. The number of esters is 1.